The van der Waals surface area contributed by atoms with E-state index in [1.807, 2.05) is 6.92 Å². The zero-order chi connectivity index (χ0) is 18.7. The summed E-state index contributed by atoms with van der Waals surface area (Å²) in [7, 11) is 1.38. The van der Waals surface area contributed by atoms with Crippen LogP contribution in [0.1, 0.15) is 38.4 Å². The predicted molar refractivity (Wildman–Crippen MR) is 93.8 cm³/mol. The number of hydrogen-bond donors (Lipinski definition) is 2. The number of carbonyl (C=O) groups is 2. The maximum absolute atomic E-state index is 13.2. The van der Waals surface area contributed by atoms with Crippen LogP contribution in [-0.2, 0) is 11.3 Å². The molecule has 0 aliphatic carbocycles. The molecular formula is C18H25N3O5. The molecule has 2 fully saturated rings. The monoisotopic (exact) mass is 363 g/mol. The molecule has 2 saturated heterocycles. The summed E-state index contributed by atoms with van der Waals surface area (Å²) >= 11 is 0. The maximum Gasteiger partial charge on any atom is 0.325 e. The first-order chi connectivity index (χ1) is 12.5. The van der Waals surface area contributed by atoms with E-state index in [0.29, 0.717) is 6.42 Å². The molecule has 3 amide bonds. The lowest BCUT2D eigenvalue weighted by atomic mass is 9.75. The summed E-state index contributed by atoms with van der Waals surface area (Å²) in [5.41, 5.74) is -1.21. The van der Waals surface area contributed by atoms with Gasteiger partial charge in [-0.15, -0.1) is 0 Å². The average Bonchev–Trinajstić information content (AvgIpc) is 2.88. The molecule has 2 aliphatic heterocycles. The van der Waals surface area contributed by atoms with Crippen LogP contribution in [0.5, 0.6) is 5.75 Å². The molecule has 8 nitrogen and oxygen atoms in total. The van der Waals surface area contributed by atoms with Gasteiger partial charge in [0.1, 0.15) is 17.6 Å². The Morgan fingerprint density at radius 1 is 1.31 bits per heavy atom. The number of piperidine rings is 1. The zero-order valence-electron chi connectivity index (χ0n) is 15.2. The van der Waals surface area contributed by atoms with Gasteiger partial charge in [0.2, 0.25) is 11.2 Å². The maximum atomic E-state index is 13.2. The van der Waals surface area contributed by atoms with E-state index < -0.39 is 11.6 Å². The van der Waals surface area contributed by atoms with Crippen LogP contribution in [0.3, 0.4) is 0 Å². The third kappa shape index (κ3) is 3.21. The number of methoxy groups -OCH3 is 1. The second kappa shape index (κ2) is 7.49. The van der Waals surface area contributed by atoms with Gasteiger partial charge in [-0.25, -0.2) is 4.79 Å². The number of amides is 3. The van der Waals surface area contributed by atoms with E-state index in [-0.39, 0.29) is 35.3 Å². The highest BCUT2D eigenvalue weighted by atomic mass is 16.5. The summed E-state index contributed by atoms with van der Waals surface area (Å²) in [6.45, 7) is 3.62. The van der Waals surface area contributed by atoms with Crippen LogP contribution in [0.2, 0.25) is 0 Å². The van der Waals surface area contributed by atoms with Gasteiger partial charge >= 0.3 is 6.03 Å². The van der Waals surface area contributed by atoms with Crippen LogP contribution in [0.4, 0.5) is 4.79 Å². The Morgan fingerprint density at radius 2 is 2.04 bits per heavy atom. The molecule has 1 atom stereocenters. The minimum absolute atomic E-state index is 0.0691. The van der Waals surface area contributed by atoms with Crippen LogP contribution in [0.25, 0.3) is 0 Å². The van der Waals surface area contributed by atoms with Gasteiger partial charge in [0, 0.05) is 6.07 Å². The van der Waals surface area contributed by atoms with Gasteiger partial charge in [-0.3, -0.25) is 14.5 Å². The van der Waals surface area contributed by atoms with Crippen molar-refractivity contribution in [3.63, 3.8) is 0 Å². The smallest absolute Gasteiger partial charge is 0.325 e. The van der Waals surface area contributed by atoms with Gasteiger partial charge in [-0.1, -0.05) is 13.3 Å². The van der Waals surface area contributed by atoms with E-state index in [0.717, 1.165) is 37.3 Å². The minimum Gasteiger partial charge on any atom is -0.490 e. The zero-order valence-corrected chi connectivity index (χ0v) is 15.2. The largest absolute Gasteiger partial charge is 0.490 e. The van der Waals surface area contributed by atoms with Crippen molar-refractivity contribution in [1.29, 1.82) is 0 Å². The highest BCUT2D eigenvalue weighted by molar-refractivity contribution is 6.07. The molecule has 2 aliphatic rings. The average molecular weight is 363 g/mol. The molecule has 0 unspecified atom stereocenters. The first-order valence-corrected chi connectivity index (χ1v) is 9.02. The molecule has 26 heavy (non-hydrogen) atoms. The third-order valence-corrected chi connectivity index (χ3v) is 5.27. The van der Waals surface area contributed by atoms with Crippen LogP contribution >= 0.6 is 0 Å². The van der Waals surface area contributed by atoms with Gasteiger partial charge in [-0.05, 0) is 38.3 Å². The molecule has 0 bridgehead atoms. The van der Waals surface area contributed by atoms with Crippen molar-refractivity contribution in [3.8, 4) is 5.75 Å². The summed E-state index contributed by atoms with van der Waals surface area (Å²) in [6, 6.07) is 0.824. The Labute approximate surface area is 151 Å². The van der Waals surface area contributed by atoms with Gasteiger partial charge in [0.25, 0.3) is 5.91 Å². The lowest BCUT2D eigenvalue weighted by Crippen LogP contribution is -2.55. The lowest BCUT2D eigenvalue weighted by Gasteiger charge is -2.37. The van der Waals surface area contributed by atoms with E-state index in [2.05, 4.69) is 10.6 Å². The fraction of sp³-hybridized carbons (Fsp3) is 0.611. The number of rotatable bonds is 6. The fourth-order valence-electron chi connectivity index (χ4n) is 3.97. The highest BCUT2D eigenvalue weighted by Gasteiger charge is 2.54. The minimum atomic E-state index is -0.860. The molecule has 3 heterocycles. The Bertz CT molecular complexity index is 741. The molecule has 142 valence electrons. The fourth-order valence-corrected chi connectivity index (χ4v) is 3.97. The Morgan fingerprint density at radius 3 is 2.65 bits per heavy atom. The van der Waals surface area contributed by atoms with Gasteiger partial charge in [-0.2, -0.15) is 0 Å². The van der Waals surface area contributed by atoms with E-state index in [4.69, 9.17) is 9.15 Å². The quantitative estimate of drug-likeness (QED) is 0.738. The van der Waals surface area contributed by atoms with Crippen molar-refractivity contribution >= 4 is 11.9 Å². The topological polar surface area (TPSA) is 101 Å². The number of hydrogen-bond acceptors (Lipinski definition) is 6. The van der Waals surface area contributed by atoms with Crippen LogP contribution in [-0.4, -0.2) is 42.6 Å². The second-order valence-electron chi connectivity index (χ2n) is 6.85. The Hall–Kier alpha value is -2.35. The van der Waals surface area contributed by atoms with Crippen LogP contribution in [0.15, 0.2) is 21.5 Å². The first kappa shape index (κ1) is 18.4. The molecule has 1 aromatic heterocycles. The molecule has 0 radical (unpaired) electrons. The molecular weight excluding hydrogens is 338 g/mol. The lowest BCUT2D eigenvalue weighted by molar-refractivity contribution is -0.134. The van der Waals surface area contributed by atoms with Crippen molar-refractivity contribution in [1.82, 2.24) is 15.5 Å². The summed E-state index contributed by atoms with van der Waals surface area (Å²) in [4.78, 5) is 38.8. The molecule has 0 aromatic carbocycles. The third-order valence-electron chi connectivity index (χ3n) is 5.27. The van der Waals surface area contributed by atoms with Crippen molar-refractivity contribution < 1.29 is 18.7 Å². The first-order valence-electron chi connectivity index (χ1n) is 9.02. The van der Waals surface area contributed by atoms with E-state index in [1.165, 1.54) is 19.4 Å². The van der Waals surface area contributed by atoms with Crippen molar-refractivity contribution in [3.05, 3.63) is 28.3 Å². The Balaban J connectivity index is 1.84. The SMILES string of the molecule is CCC[C@]1(C2CCNCC2)NC(=O)N(Cc2cc(=O)c(OC)co2)C1=O. The van der Waals surface area contributed by atoms with Gasteiger partial charge in [0.15, 0.2) is 0 Å². The number of nitrogens with zero attached hydrogens (tertiary/aromatic N) is 1. The number of urea groups is 1. The van der Waals surface area contributed by atoms with Crippen LogP contribution < -0.4 is 20.8 Å². The number of carbonyl (C=O) groups excluding carboxylic acids is 2. The van der Waals surface area contributed by atoms with Crippen LogP contribution in [0, 0.1) is 5.92 Å². The number of nitrogens with one attached hydrogen (secondary N) is 2. The number of ether oxygens (including phenoxy) is 1. The van der Waals surface area contributed by atoms with Crippen molar-refractivity contribution in [2.45, 2.75) is 44.7 Å². The normalized spacial score (nSPS) is 24.0. The highest BCUT2D eigenvalue weighted by Crippen LogP contribution is 2.36. The van der Waals surface area contributed by atoms with Gasteiger partial charge < -0.3 is 19.8 Å². The van der Waals surface area contributed by atoms with E-state index >= 15 is 0 Å². The molecule has 0 spiro atoms. The summed E-state index contributed by atoms with van der Waals surface area (Å²) < 4.78 is 10.2. The second-order valence-corrected chi connectivity index (χ2v) is 6.85. The summed E-state index contributed by atoms with van der Waals surface area (Å²) in [6.07, 6.45) is 4.28. The van der Waals surface area contributed by atoms with Crippen molar-refractivity contribution in [2.24, 2.45) is 5.92 Å². The standard InChI is InChI=1S/C18H25N3O5/c1-3-6-18(12-4-7-19-8-5-12)16(23)21(17(24)20-18)10-13-9-14(22)15(25-2)11-26-13/h9,11-12,19H,3-8,10H2,1-2H3,(H,20,24)/t18-/m1/s1. The summed E-state index contributed by atoms with van der Waals surface area (Å²) in [5.74, 6) is 0.209. The summed E-state index contributed by atoms with van der Waals surface area (Å²) in [5, 5.41) is 6.25. The molecule has 2 N–H and O–H groups in total. The van der Waals surface area contributed by atoms with Crippen molar-refractivity contribution in [2.75, 3.05) is 20.2 Å². The molecule has 3 rings (SSSR count). The van der Waals surface area contributed by atoms with E-state index in [1.54, 1.807) is 0 Å². The van der Waals surface area contributed by atoms with E-state index in [9.17, 15) is 14.4 Å². The molecule has 1 aromatic rings. The number of imide groups is 1. The van der Waals surface area contributed by atoms with Gasteiger partial charge in [0.05, 0.1) is 13.7 Å². The molecule has 8 heteroatoms. The molecule has 0 saturated carbocycles. The Kier molecular flexibility index (Phi) is 5.31. The predicted octanol–water partition coefficient (Wildman–Crippen LogP) is 1.24.